The number of anilines is 3. The molecule has 1 aliphatic heterocycles. The Kier molecular flexibility index (Phi) is 6.31. The summed E-state index contributed by atoms with van der Waals surface area (Å²) in [6, 6.07) is 13.6. The number of carbonyl (C=O) groups is 2. The quantitative estimate of drug-likeness (QED) is 0.233. The van der Waals surface area contributed by atoms with Crippen LogP contribution in [0.25, 0.3) is 11.3 Å². The molecule has 0 bridgehead atoms. The second-order valence-electron chi connectivity index (χ2n) is 10.0. The average Bonchev–Trinajstić information content (AvgIpc) is 3.26. The summed E-state index contributed by atoms with van der Waals surface area (Å²) < 4.78 is 27.4. The number of nitrogens with one attached hydrogen (secondary N) is 4. The van der Waals surface area contributed by atoms with Crippen LogP contribution in [0.15, 0.2) is 60.8 Å². The van der Waals surface area contributed by atoms with Gasteiger partial charge in [-0.25, -0.2) is 13.8 Å². The Morgan fingerprint density at radius 1 is 1.10 bits per heavy atom. The van der Waals surface area contributed by atoms with Gasteiger partial charge in [0.05, 0.1) is 34.1 Å². The summed E-state index contributed by atoms with van der Waals surface area (Å²) >= 11 is 6.24. The summed E-state index contributed by atoms with van der Waals surface area (Å²) in [5.41, 5.74) is 3.65. The Bertz CT molecular complexity index is 1600. The first-order valence-corrected chi connectivity index (χ1v) is 13.0. The van der Waals surface area contributed by atoms with Crippen LogP contribution in [-0.4, -0.2) is 27.3 Å². The summed E-state index contributed by atoms with van der Waals surface area (Å²) in [7, 11) is 0. The fraction of sp³-hybridized carbons (Fsp3) is 0.207. The van der Waals surface area contributed by atoms with E-state index >= 15 is 0 Å². The summed E-state index contributed by atoms with van der Waals surface area (Å²) in [6.45, 7) is 0. The second-order valence-corrected chi connectivity index (χ2v) is 10.4. The fourth-order valence-electron chi connectivity index (χ4n) is 5.23. The van der Waals surface area contributed by atoms with Crippen molar-refractivity contribution in [1.82, 2.24) is 15.3 Å². The molecule has 3 heterocycles. The van der Waals surface area contributed by atoms with E-state index in [0.717, 1.165) is 25.0 Å². The van der Waals surface area contributed by atoms with Gasteiger partial charge in [0.25, 0.3) is 5.91 Å². The van der Waals surface area contributed by atoms with Gasteiger partial charge in [-0.15, -0.1) is 0 Å². The minimum Gasteiger partial charge on any atom is -0.356 e. The van der Waals surface area contributed by atoms with Crippen LogP contribution < -0.4 is 16.0 Å². The van der Waals surface area contributed by atoms with Crippen molar-refractivity contribution < 1.29 is 18.4 Å². The lowest BCUT2D eigenvalue weighted by Crippen LogP contribution is -2.57. The van der Waals surface area contributed by atoms with Crippen molar-refractivity contribution in [2.24, 2.45) is 0 Å². The number of amides is 2. The smallest absolute Gasteiger partial charge is 0.255 e. The number of aromatic amines is 1. The molecule has 6 rings (SSSR count). The van der Waals surface area contributed by atoms with E-state index in [4.69, 9.17) is 11.6 Å². The highest BCUT2D eigenvalue weighted by atomic mass is 35.5. The Morgan fingerprint density at radius 2 is 1.90 bits per heavy atom. The van der Waals surface area contributed by atoms with Crippen LogP contribution >= 0.6 is 11.6 Å². The van der Waals surface area contributed by atoms with Gasteiger partial charge in [-0.05, 0) is 61.2 Å². The maximum atomic E-state index is 14.2. The van der Waals surface area contributed by atoms with Gasteiger partial charge in [0.2, 0.25) is 5.91 Å². The van der Waals surface area contributed by atoms with Gasteiger partial charge in [0, 0.05) is 29.4 Å². The van der Waals surface area contributed by atoms with Gasteiger partial charge >= 0.3 is 0 Å². The molecule has 2 aliphatic rings. The van der Waals surface area contributed by atoms with Crippen molar-refractivity contribution in [3.05, 3.63) is 94.3 Å². The van der Waals surface area contributed by atoms with E-state index in [9.17, 15) is 18.4 Å². The van der Waals surface area contributed by atoms with E-state index in [2.05, 4.69) is 25.9 Å². The van der Waals surface area contributed by atoms with E-state index in [-0.39, 0.29) is 34.6 Å². The number of hydrogen-bond donors (Lipinski definition) is 4. The van der Waals surface area contributed by atoms with Gasteiger partial charge in [0.15, 0.2) is 0 Å². The molecule has 4 aromatic rings. The van der Waals surface area contributed by atoms with Crippen LogP contribution in [0.1, 0.15) is 40.9 Å². The third-order valence-electron chi connectivity index (χ3n) is 7.31. The zero-order chi connectivity index (χ0) is 27.1. The number of hydrogen-bond acceptors (Lipinski definition) is 4. The molecular weight excluding hydrogens is 524 g/mol. The Morgan fingerprint density at radius 3 is 2.64 bits per heavy atom. The third kappa shape index (κ3) is 4.85. The van der Waals surface area contributed by atoms with Gasteiger partial charge in [0.1, 0.15) is 17.5 Å². The Labute approximate surface area is 228 Å². The van der Waals surface area contributed by atoms with E-state index in [0.29, 0.717) is 46.0 Å². The Balaban J connectivity index is 1.35. The molecule has 10 heteroatoms. The van der Waals surface area contributed by atoms with Crippen molar-refractivity contribution in [1.29, 1.82) is 0 Å². The second kappa shape index (κ2) is 9.81. The molecule has 0 atom stereocenters. The highest BCUT2D eigenvalue weighted by Gasteiger charge is 2.45. The first kappa shape index (κ1) is 25.1. The molecule has 0 saturated heterocycles. The SMILES string of the molecule is O=C(Cc1ccc(F)cc1)Nc1cc(-c2[nH]c3c(c2Nc2cccc(F)c2Cl)C(=O)NC2(CCC2)C3)ccn1. The van der Waals surface area contributed by atoms with Gasteiger partial charge in [-0.1, -0.05) is 29.8 Å². The predicted molar refractivity (Wildman–Crippen MR) is 145 cm³/mol. The van der Waals surface area contributed by atoms with Crippen LogP contribution in [0.3, 0.4) is 0 Å². The minimum atomic E-state index is -0.583. The van der Waals surface area contributed by atoms with Gasteiger partial charge < -0.3 is 20.9 Å². The number of aromatic nitrogens is 2. The molecule has 2 amide bonds. The number of H-pyrrole nitrogens is 1. The van der Waals surface area contributed by atoms with E-state index in [1.165, 1.54) is 24.3 Å². The summed E-state index contributed by atoms with van der Waals surface area (Å²) in [5, 5.41) is 9.03. The lowest BCUT2D eigenvalue weighted by atomic mass is 9.71. The fourth-order valence-corrected chi connectivity index (χ4v) is 5.41. The minimum absolute atomic E-state index is 0.0517. The lowest BCUT2D eigenvalue weighted by Gasteiger charge is -2.45. The van der Waals surface area contributed by atoms with Crippen molar-refractivity contribution in [3.63, 3.8) is 0 Å². The largest absolute Gasteiger partial charge is 0.356 e. The third-order valence-corrected chi connectivity index (χ3v) is 7.70. The zero-order valence-corrected chi connectivity index (χ0v) is 21.5. The van der Waals surface area contributed by atoms with Crippen LogP contribution in [-0.2, 0) is 17.6 Å². The van der Waals surface area contributed by atoms with Crippen LogP contribution in [0, 0.1) is 11.6 Å². The molecule has 1 aliphatic carbocycles. The van der Waals surface area contributed by atoms with E-state index in [1.54, 1.807) is 36.5 Å². The number of carbonyl (C=O) groups excluding carboxylic acids is 2. The molecule has 0 unspecified atom stereocenters. The zero-order valence-electron chi connectivity index (χ0n) is 20.7. The first-order valence-electron chi connectivity index (χ1n) is 12.6. The van der Waals surface area contributed by atoms with E-state index in [1.807, 2.05) is 0 Å². The number of halogens is 3. The molecule has 1 fully saturated rings. The molecule has 2 aromatic heterocycles. The molecular formula is C29H24ClF2N5O2. The van der Waals surface area contributed by atoms with E-state index < -0.39 is 5.82 Å². The number of rotatable bonds is 6. The molecule has 39 heavy (non-hydrogen) atoms. The summed E-state index contributed by atoms with van der Waals surface area (Å²) in [6.07, 6.45) is 5.12. The maximum Gasteiger partial charge on any atom is 0.255 e. The lowest BCUT2D eigenvalue weighted by molar-refractivity contribution is -0.115. The number of nitrogens with zero attached hydrogens (tertiary/aromatic N) is 1. The monoisotopic (exact) mass is 547 g/mol. The van der Waals surface area contributed by atoms with Crippen molar-refractivity contribution in [3.8, 4) is 11.3 Å². The van der Waals surface area contributed by atoms with Crippen molar-refractivity contribution in [2.75, 3.05) is 10.6 Å². The van der Waals surface area contributed by atoms with Crippen molar-refractivity contribution in [2.45, 2.75) is 37.6 Å². The van der Waals surface area contributed by atoms with Gasteiger partial charge in [-0.2, -0.15) is 0 Å². The summed E-state index contributed by atoms with van der Waals surface area (Å²) in [4.78, 5) is 33.7. The topological polar surface area (TPSA) is 98.9 Å². The highest BCUT2D eigenvalue weighted by Crippen LogP contribution is 2.44. The standard InChI is InChI=1S/C29H24ClF2N5O2/c30-25-19(32)3-1-4-20(25)34-27-24-21(15-29(10-2-11-29)37-28(24)39)35-26(27)17-9-12-33-22(14-17)36-23(38)13-16-5-7-18(31)8-6-16/h1,3-9,12,14,34-35H,2,10-11,13,15H2,(H,37,39)(H,33,36,38). The molecule has 7 nitrogen and oxygen atoms in total. The summed E-state index contributed by atoms with van der Waals surface area (Å²) in [5.74, 6) is -1.17. The number of fused-ring (bicyclic) bond motifs is 1. The number of benzene rings is 2. The highest BCUT2D eigenvalue weighted by molar-refractivity contribution is 6.33. The van der Waals surface area contributed by atoms with Crippen LogP contribution in [0.2, 0.25) is 5.02 Å². The van der Waals surface area contributed by atoms with Crippen LogP contribution in [0.4, 0.5) is 26.0 Å². The van der Waals surface area contributed by atoms with Crippen molar-refractivity contribution >= 4 is 40.6 Å². The molecule has 0 radical (unpaired) electrons. The van der Waals surface area contributed by atoms with Crippen LogP contribution in [0.5, 0.6) is 0 Å². The van der Waals surface area contributed by atoms with Gasteiger partial charge in [-0.3, -0.25) is 9.59 Å². The molecule has 198 valence electrons. The average molecular weight is 548 g/mol. The number of pyridine rings is 1. The Hall–Kier alpha value is -4.24. The molecule has 4 N–H and O–H groups in total. The molecule has 1 spiro atoms. The first-order chi connectivity index (χ1) is 18.8. The maximum absolute atomic E-state index is 14.2. The normalized spacial score (nSPS) is 15.3. The predicted octanol–water partition coefficient (Wildman–Crippen LogP) is 6.14. The molecule has 1 saturated carbocycles. The molecule has 2 aromatic carbocycles.